The van der Waals surface area contributed by atoms with E-state index in [2.05, 4.69) is 25.0 Å². The van der Waals surface area contributed by atoms with Crippen LogP contribution in [0.2, 0.25) is 0 Å². The minimum absolute atomic E-state index is 0.0771. The van der Waals surface area contributed by atoms with E-state index in [9.17, 15) is 13.5 Å². The monoisotopic (exact) mass is 643 g/mol. The fourth-order valence-corrected chi connectivity index (χ4v) is 6.76. The Bertz CT molecular complexity index is 1900. The molecule has 6 rings (SSSR count). The molecule has 12 nitrogen and oxygen atoms in total. The van der Waals surface area contributed by atoms with Gasteiger partial charge in [-0.1, -0.05) is 12.1 Å². The molecular weight excluding hydrogens is 606 g/mol. The highest BCUT2D eigenvalue weighted by molar-refractivity contribution is 7.92. The molecule has 0 atom stereocenters. The molecule has 0 saturated heterocycles. The molecule has 13 heteroatoms. The third kappa shape index (κ3) is 6.42. The van der Waals surface area contributed by atoms with Gasteiger partial charge in [0.1, 0.15) is 17.8 Å². The van der Waals surface area contributed by atoms with Crippen LogP contribution in [0.5, 0.6) is 11.5 Å². The van der Waals surface area contributed by atoms with E-state index < -0.39 is 10.0 Å². The van der Waals surface area contributed by atoms with E-state index in [1.165, 1.54) is 20.5 Å². The topological polar surface area (TPSA) is 144 Å². The molecule has 1 saturated carbocycles. The van der Waals surface area contributed by atoms with Crippen molar-refractivity contribution in [2.75, 3.05) is 29.2 Å². The van der Waals surface area contributed by atoms with Crippen molar-refractivity contribution < 1.29 is 23.0 Å². The molecule has 0 radical (unpaired) electrons. The van der Waals surface area contributed by atoms with Crippen LogP contribution in [-0.2, 0) is 16.6 Å². The Kier molecular flexibility index (Phi) is 8.95. The van der Waals surface area contributed by atoms with Gasteiger partial charge in [-0.2, -0.15) is 0 Å². The minimum atomic E-state index is -3.96. The second kappa shape index (κ2) is 13.2. The Morgan fingerprint density at radius 2 is 1.63 bits per heavy atom. The number of hydrogen-bond acceptors (Lipinski definition) is 10. The first-order valence-electron chi connectivity index (χ1n) is 15.1. The summed E-state index contributed by atoms with van der Waals surface area (Å²) < 4.78 is 42.1. The summed E-state index contributed by atoms with van der Waals surface area (Å²) in [7, 11) is -0.950. The highest BCUT2D eigenvalue weighted by atomic mass is 32.2. The van der Waals surface area contributed by atoms with Crippen LogP contribution in [0.4, 0.5) is 28.6 Å². The lowest BCUT2D eigenvalue weighted by molar-refractivity contribution is 0.126. The first-order chi connectivity index (χ1) is 22.3. The van der Waals surface area contributed by atoms with Gasteiger partial charge in [0.15, 0.2) is 17.0 Å². The summed E-state index contributed by atoms with van der Waals surface area (Å²) in [6, 6.07) is 19.6. The van der Waals surface area contributed by atoms with Crippen LogP contribution in [0, 0.1) is 0 Å². The fourth-order valence-electron chi connectivity index (χ4n) is 5.72. The van der Waals surface area contributed by atoms with Crippen molar-refractivity contribution in [3.63, 3.8) is 0 Å². The molecule has 0 spiro atoms. The second-order valence-electron chi connectivity index (χ2n) is 11.1. The van der Waals surface area contributed by atoms with Crippen LogP contribution >= 0.6 is 0 Å². The number of fused-ring (bicyclic) bond motifs is 1. The van der Waals surface area contributed by atoms with Gasteiger partial charge in [0.25, 0.3) is 10.0 Å². The number of aliphatic hydroxyl groups excluding tert-OH is 1. The lowest BCUT2D eigenvalue weighted by atomic mass is 9.93. The molecule has 0 bridgehead atoms. The summed E-state index contributed by atoms with van der Waals surface area (Å²) in [6.45, 7) is 2.72. The van der Waals surface area contributed by atoms with Gasteiger partial charge in [-0.3, -0.25) is 9.62 Å². The summed E-state index contributed by atoms with van der Waals surface area (Å²) in [5, 5.41) is 13.7. The summed E-state index contributed by atoms with van der Waals surface area (Å²) in [4.78, 5) is 15.9. The molecule has 1 aliphatic carbocycles. The van der Waals surface area contributed by atoms with Crippen molar-refractivity contribution in [3.05, 3.63) is 79.4 Å². The lowest BCUT2D eigenvalue weighted by Crippen LogP contribution is -2.28. The first kappa shape index (κ1) is 31.1. The van der Waals surface area contributed by atoms with E-state index in [1.54, 1.807) is 48.8 Å². The van der Waals surface area contributed by atoms with Gasteiger partial charge in [0.2, 0.25) is 0 Å². The Morgan fingerprint density at radius 3 is 2.30 bits per heavy atom. The molecule has 1 aliphatic rings. The predicted molar refractivity (Wildman–Crippen MR) is 178 cm³/mol. The van der Waals surface area contributed by atoms with Gasteiger partial charge in [-0.25, -0.2) is 23.4 Å². The number of ether oxygens (including phenoxy) is 2. The minimum Gasteiger partial charge on any atom is -0.497 e. The van der Waals surface area contributed by atoms with Gasteiger partial charge in [-0.05, 0) is 69.0 Å². The van der Waals surface area contributed by atoms with E-state index in [4.69, 9.17) is 9.47 Å². The number of sulfonamides is 1. The van der Waals surface area contributed by atoms with Gasteiger partial charge in [-0.15, -0.1) is 0 Å². The zero-order valence-corrected chi connectivity index (χ0v) is 26.7. The Morgan fingerprint density at radius 1 is 0.935 bits per heavy atom. The number of methoxy groups -OCH3 is 2. The number of benzene rings is 3. The molecule has 240 valence electrons. The first-order valence-corrected chi connectivity index (χ1v) is 16.6. The number of rotatable bonds is 11. The van der Waals surface area contributed by atoms with Crippen molar-refractivity contribution in [1.29, 1.82) is 0 Å². The van der Waals surface area contributed by atoms with Crippen molar-refractivity contribution in [2.45, 2.75) is 56.2 Å². The molecule has 3 aromatic carbocycles. The summed E-state index contributed by atoms with van der Waals surface area (Å²) in [5.41, 5.74) is 4.01. The SMILES string of the molecule is CCn1cnc2c(N(c3ccc(S(=O)(=O)Nc4cc(OC)cc(OC)c4)cc3)c3ccccc3N[C@H]3CC[C@H](O)CC3)ncnc21. The molecule has 1 fully saturated rings. The van der Waals surface area contributed by atoms with Crippen LogP contribution in [0.25, 0.3) is 11.2 Å². The zero-order chi connectivity index (χ0) is 32.3. The third-order valence-corrected chi connectivity index (χ3v) is 9.54. The maximum atomic E-state index is 13.5. The predicted octanol–water partition coefficient (Wildman–Crippen LogP) is 5.85. The number of nitrogens with zero attached hydrogens (tertiary/aromatic N) is 5. The highest BCUT2D eigenvalue weighted by Gasteiger charge is 2.25. The number of hydrogen-bond donors (Lipinski definition) is 3. The fraction of sp³-hybridized carbons (Fsp3) is 0.303. The molecule has 0 amide bonds. The average molecular weight is 644 g/mol. The Labute approximate surface area is 268 Å². The quantitative estimate of drug-likeness (QED) is 0.160. The van der Waals surface area contributed by atoms with Crippen LogP contribution in [0.1, 0.15) is 32.6 Å². The molecule has 3 N–H and O–H groups in total. The summed E-state index contributed by atoms with van der Waals surface area (Å²) >= 11 is 0. The van der Waals surface area contributed by atoms with Crippen LogP contribution in [0.3, 0.4) is 0 Å². The highest BCUT2D eigenvalue weighted by Crippen LogP contribution is 2.41. The van der Waals surface area contributed by atoms with Gasteiger partial charge < -0.3 is 24.5 Å². The smallest absolute Gasteiger partial charge is 0.261 e. The maximum absolute atomic E-state index is 13.5. The number of para-hydroxylation sites is 2. The van der Waals surface area contributed by atoms with E-state index in [0.717, 1.165) is 37.1 Å². The standard InChI is InChI=1S/C33H37N7O5S/c1-4-39-21-36-31-32(39)34-20-35-33(31)40(30-8-6-5-7-29(30)37-22-9-13-25(41)14-10-22)24-11-15-28(16-12-24)46(42,43)38-23-17-26(44-2)19-27(18-23)45-3/h5-8,11-12,15-22,25,37-38,41H,4,9-10,13-14H2,1-3H3/t22-,25-. The van der Waals surface area contributed by atoms with Gasteiger partial charge >= 0.3 is 0 Å². The second-order valence-corrected chi connectivity index (χ2v) is 12.8. The molecule has 2 aromatic heterocycles. The van der Waals surface area contributed by atoms with Gasteiger partial charge in [0.05, 0.1) is 48.6 Å². The van der Waals surface area contributed by atoms with Crippen molar-refractivity contribution in [1.82, 2.24) is 19.5 Å². The number of anilines is 5. The number of aryl methyl sites for hydroxylation is 1. The van der Waals surface area contributed by atoms with Gasteiger partial charge in [0, 0.05) is 36.5 Å². The van der Waals surface area contributed by atoms with E-state index in [-0.39, 0.29) is 17.0 Å². The zero-order valence-electron chi connectivity index (χ0n) is 25.9. The van der Waals surface area contributed by atoms with Crippen LogP contribution < -0.4 is 24.4 Å². The normalized spacial score (nSPS) is 16.6. The van der Waals surface area contributed by atoms with Crippen molar-refractivity contribution >= 4 is 49.8 Å². The maximum Gasteiger partial charge on any atom is 0.261 e. The van der Waals surface area contributed by atoms with E-state index in [1.807, 2.05) is 40.7 Å². The number of aromatic nitrogens is 4. The molecule has 2 heterocycles. The van der Waals surface area contributed by atoms with Crippen molar-refractivity contribution in [2.24, 2.45) is 0 Å². The lowest BCUT2D eigenvalue weighted by Gasteiger charge is -2.31. The summed E-state index contributed by atoms with van der Waals surface area (Å²) in [5.74, 6) is 1.48. The number of nitrogens with one attached hydrogen (secondary N) is 2. The molecule has 46 heavy (non-hydrogen) atoms. The van der Waals surface area contributed by atoms with Crippen LogP contribution in [-0.4, -0.2) is 59.4 Å². The molecule has 0 aliphatic heterocycles. The Hall–Kier alpha value is -4.88. The molecular formula is C33H37N7O5S. The molecule has 0 unspecified atom stereocenters. The molecule has 5 aromatic rings. The summed E-state index contributed by atoms with van der Waals surface area (Å²) in [6.07, 6.45) is 6.20. The Balaban J connectivity index is 1.40. The van der Waals surface area contributed by atoms with E-state index >= 15 is 0 Å². The van der Waals surface area contributed by atoms with E-state index in [0.29, 0.717) is 46.4 Å². The average Bonchev–Trinajstić information content (AvgIpc) is 3.50. The third-order valence-electron chi connectivity index (χ3n) is 8.14. The van der Waals surface area contributed by atoms with Crippen LogP contribution in [0.15, 0.2) is 84.3 Å². The largest absolute Gasteiger partial charge is 0.497 e. The number of aliphatic hydroxyl groups is 1. The van der Waals surface area contributed by atoms with Crippen molar-refractivity contribution in [3.8, 4) is 11.5 Å². The number of imidazole rings is 1.